The van der Waals surface area contributed by atoms with Crippen LogP contribution in [0.3, 0.4) is 0 Å². The van der Waals surface area contributed by atoms with Gasteiger partial charge in [0.1, 0.15) is 0 Å². The zero-order valence-corrected chi connectivity index (χ0v) is 6.95. The molecule has 0 aliphatic rings. The van der Waals surface area contributed by atoms with Crippen molar-refractivity contribution in [2.45, 2.75) is 6.54 Å². The van der Waals surface area contributed by atoms with Gasteiger partial charge in [0.25, 0.3) is 0 Å². The SMILES string of the molecule is NCc1c(Cl)cnc(Cl)c1F. The Morgan fingerprint density at radius 3 is 2.64 bits per heavy atom. The minimum absolute atomic E-state index is 0.0207. The van der Waals surface area contributed by atoms with Gasteiger partial charge in [0.2, 0.25) is 0 Å². The summed E-state index contributed by atoms with van der Waals surface area (Å²) in [5.74, 6) is -0.637. The van der Waals surface area contributed by atoms with Crippen LogP contribution < -0.4 is 5.73 Å². The van der Waals surface area contributed by atoms with Crippen molar-refractivity contribution < 1.29 is 4.39 Å². The van der Waals surface area contributed by atoms with Crippen molar-refractivity contribution in [2.75, 3.05) is 0 Å². The summed E-state index contributed by atoms with van der Waals surface area (Å²) >= 11 is 10.9. The van der Waals surface area contributed by atoms with Crippen LogP contribution in [0, 0.1) is 5.82 Å². The number of nitrogens with two attached hydrogens (primary N) is 1. The van der Waals surface area contributed by atoms with Crippen molar-refractivity contribution in [3.05, 3.63) is 27.8 Å². The molecule has 1 aromatic rings. The molecular weight excluding hydrogens is 190 g/mol. The van der Waals surface area contributed by atoms with Crippen molar-refractivity contribution in [1.29, 1.82) is 0 Å². The average Bonchev–Trinajstić information content (AvgIpc) is 1.99. The normalized spacial score (nSPS) is 10.2. The molecule has 0 radical (unpaired) electrons. The van der Waals surface area contributed by atoms with Gasteiger partial charge >= 0.3 is 0 Å². The zero-order valence-electron chi connectivity index (χ0n) is 5.44. The van der Waals surface area contributed by atoms with Crippen LogP contribution in [0.4, 0.5) is 4.39 Å². The molecule has 0 bridgehead atoms. The first-order chi connectivity index (χ1) is 5.16. The summed E-state index contributed by atoms with van der Waals surface area (Å²) in [7, 11) is 0. The highest BCUT2D eigenvalue weighted by Crippen LogP contribution is 2.22. The fraction of sp³-hybridized carbons (Fsp3) is 0.167. The Balaban J connectivity index is 3.29. The zero-order chi connectivity index (χ0) is 8.43. The third kappa shape index (κ3) is 1.61. The van der Waals surface area contributed by atoms with Crippen molar-refractivity contribution in [1.82, 2.24) is 4.98 Å². The van der Waals surface area contributed by atoms with E-state index in [9.17, 15) is 4.39 Å². The van der Waals surface area contributed by atoms with Crippen molar-refractivity contribution in [3.8, 4) is 0 Å². The molecule has 0 unspecified atom stereocenters. The average molecular weight is 195 g/mol. The Hall–Kier alpha value is -0.380. The van der Waals surface area contributed by atoms with Crippen molar-refractivity contribution >= 4 is 23.2 Å². The lowest BCUT2D eigenvalue weighted by Crippen LogP contribution is -2.02. The quantitative estimate of drug-likeness (QED) is 0.695. The molecule has 0 fully saturated rings. The van der Waals surface area contributed by atoms with E-state index in [0.29, 0.717) is 0 Å². The molecule has 1 heterocycles. The first kappa shape index (κ1) is 8.71. The second-order valence-electron chi connectivity index (χ2n) is 1.89. The lowest BCUT2D eigenvalue weighted by atomic mass is 10.2. The van der Waals surface area contributed by atoms with E-state index in [1.54, 1.807) is 0 Å². The molecular formula is C6H5Cl2FN2. The maximum absolute atomic E-state index is 12.9. The van der Waals surface area contributed by atoms with Gasteiger partial charge in [0, 0.05) is 18.3 Å². The number of rotatable bonds is 1. The predicted molar refractivity (Wildman–Crippen MR) is 42.1 cm³/mol. The number of hydrogen-bond acceptors (Lipinski definition) is 2. The molecule has 0 aliphatic heterocycles. The van der Waals surface area contributed by atoms with Crippen LogP contribution in [0.1, 0.15) is 5.56 Å². The van der Waals surface area contributed by atoms with Crippen LogP contribution in [0.15, 0.2) is 6.20 Å². The number of pyridine rings is 1. The van der Waals surface area contributed by atoms with Gasteiger partial charge in [0.05, 0.1) is 5.02 Å². The summed E-state index contributed by atoms with van der Waals surface area (Å²) in [5.41, 5.74) is 5.41. The van der Waals surface area contributed by atoms with Crippen molar-refractivity contribution in [3.63, 3.8) is 0 Å². The Kier molecular flexibility index (Phi) is 2.65. The molecule has 60 valence electrons. The summed E-state index contributed by atoms with van der Waals surface area (Å²) in [5, 5.41) is 0.00394. The molecule has 0 spiro atoms. The number of nitrogens with zero attached hydrogens (tertiary/aromatic N) is 1. The molecule has 0 amide bonds. The largest absolute Gasteiger partial charge is 0.326 e. The summed E-state index contributed by atoms with van der Waals surface area (Å²) in [6.07, 6.45) is 1.27. The molecule has 0 saturated carbocycles. The molecule has 1 rings (SSSR count). The van der Waals surface area contributed by atoms with Gasteiger partial charge in [0.15, 0.2) is 11.0 Å². The molecule has 0 aromatic carbocycles. The predicted octanol–water partition coefficient (Wildman–Crippen LogP) is 1.99. The molecule has 1 aromatic heterocycles. The van der Waals surface area contributed by atoms with E-state index in [1.807, 2.05) is 0 Å². The van der Waals surface area contributed by atoms with Gasteiger partial charge in [-0.3, -0.25) is 0 Å². The Morgan fingerprint density at radius 1 is 1.55 bits per heavy atom. The molecule has 0 aliphatic carbocycles. The monoisotopic (exact) mass is 194 g/mol. The van der Waals surface area contributed by atoms with E-state index in [-0.39, 0.29) is 22.3 Å². The van der Waals surface area contributed by atoms with E-state index >= 15 is 0 Å². The Bertz CT molecular complexity index is 278. The van der Waals surface area contributed by atoms with E-state index in [0.717, 1.165) is 0 Å². The molecule has 2 N–H and O–H groups in total. The number of halogens is 3. The van der Waals surface area contributed by atoms with Crippen LogP contribution >= 0.6 is 23.2 Å². The second kappa shape index (κ2) is 3.34. The maximum atomic E-state index is 12.9. The standard InChI is InChI=1S/C6H5Cl2FN2/c7-4-2-11-6(8)5(9)3(4)1-10/h2H,1,10H2. The Morgan fingerprint density at radius 2 is 2.18 bits per heavy atom. The van der Waals surface area contributed by atoms with Crippen LogP contribution in [0.2, 0.25) is 10.2 Å². The number of hydrogen-bond donors (Lipinski definition) is 1. The topological polar surface area (TPSA) is 38.9 Å². The van der Waals surface area contributed by atoms with Gasteiger partial charge < -0.3 is 5.73 Å². The van der Waals surface area contributed by atoms with E-state index in [2.05, 4.69) is 4.98 Å². The van der Waals surface area contributed by atoms with Crippen LogP contribution in [0.25, 0.3) is 0 Å². The van der Waals surface area contributed by atoms with Gasteiger partial charge in [-0.1, -0.05) is 23.2 Å². The van der Waals surface area contributed by atoms with Crippen LogP contribution in [0.5, 0.6) is 0 Å². The fourth-order valence-corrected chi connectivity index (χ4v) is 1.04. The summed E-state index contributed by atoms with van der Waals surface area (Å²) in [6.45, 7) is 0.0207. The smallest absolute Gasteiger partial charge is 0.166 e. The highest BCUT2D eigenvalue weighted by molar-refractivity contribution is 6.32. The third-order valence-corrected chi connectivity index (χ3v) is 1.82. The van der Waals surface area contributed by atoms with Crippen LogP contribution in [-0.2, 0) is 6.54 Å². The van der Waals surface area contributed by atoms with Gasteiger partial charge in [-0.05, 0) is 0 Å². The fourth-order valence-electron chi connectivity index (χ4n) is 0.664. The summed E-state index contributed by atoms with van der Waals surface area (Å²) in [4.78, 5) is 3.49. The summed E-state index contributed by atoms with van der Waals surface area (Å²) in [6, 6.07) is 0. The highest BCUT2D eigenvalue weighted by Gasteiger charge is 2.09. The van der Waals surface area contributed by atoms with Gasteiger partial charge in [-0.25, -0.2) is 9.37 Å². The lowest BCUT2D eigenvalue weighted by molar-refractivity contribution is 0.605. The first-order valence-corrected chi connectivity index (χ1v) is 3.61. The molecule has 0 atom stereocenters. The number of aromatic nitrogens is 1. The maximum Gasteiger partial charge on any atom is 0.166 e. The van der Waals surface area contributed by atoms with Crippen LogP contribution in [-0.4, -0.2) is 4.98 Å². The minimum Gasteiger partial charge on any atom is -0.326 e. The molecule has 5 heteroatoms. The van der Waals surface area contributed by atoms with E-state index in [4.69, 9.17) is 28.9 Å². The minimum atomic E-state index is -0.637. The molecule has 2 nitrogen and oxygen atoms in total. The third-order valence-electron chi connectivity index (χ3n) is 1.23. The molecule has 11 heavy (non-hydrogen) atoms. The van der Waals surface area contributed by atoms with Crippen molar-refractivity contribution in [2.24, 2.45) is 5.73 Å². The first-order valence-electron chi connectivity index (χ1n) is 2.85. The lowest BCUT2D eigenvalue weighted by Gasteiger charge is -2.01. The van der Waals surface area contributed by atoms with E-state index in [1.165, 1.54) is 6.20 Å². The van der Waals surface area contributed by atoms with E-state index < -0.39 is 5.82 Å². The molecule has 0 saturated heterocycles. The Labute approximate surface area is 73.1 Å². The van der Waals surface area contributed by atoms with Gasteiger partial charge in [-0.2, -0.15) is 0 Å². The highest BCUT2D eigenvalue weighted by atomic mass is 35.5. The summed E-state index contributed by atoms with van der Waals surface area (Å²) < 4.78 is 12.9. The van der Waals surface area contributed by atoms with Gasteiger partial charge in [-0.15, -0.1) is 0 Å². The second-order valence-corrected chi connectivity index (χ2v) is 2.66.